The van der Waals surface area contributed by atoms with Gasteiger partial charge in [-0.15, -0.1) is 0 Å². The van der Waals surface area contributed by atoms with Gasteiger partial charge in [-0.1, -0.05) is 0 Å². The number of aliphatic hydroxyl groups excluding tert-OH is 1. The number of ether oxygens (including phenoxy) is 1. The molecule has 2 N–H and O–H groups in total. The number of aliphatic hydroxyl groups is 1. The molecule has 0 radical (unpaired) electrons. The first-order valence-electron chi connectivity index (χ1n) is 7.07. The van der Waals surface area contributed by atoms with Gasteiger partial charge in [-0.3, -0.25) is 0 Å². The number of oxazole rings is 1. The molecule has 3 aromatic rings. The van der Waals surface area contributed by atoms with Crippen molar-refractivity contribution in [1.82, 2.24) is 4.98 Å². The standard InChI is InChI=1S/C16H13F3N2O3/c17-9-1-4-15-14(5-9)21-16(24-15)20-7-10(22)8-23-11-2-3-12(18)13(19)6-11/h1-6,10,22H,7-8H2,(H,20,21)/t10-/m1/s1. The van der Waals surface area contributed by atoms with Crippen molar-refractivity contribution < 1.29 is 27.4 Å². The summed E-state index contributed by atoms with van der Waals surface area (Å²) in [5.41, 5.74) is 0.761. The molecule has 2 aromatic carbocycles. The molecule has 0 saturated heterocycles. The number of rotatable bonds is 6. The molecular weight excluding hydrogens is 325 g/mol. The number of halogens is 3. The van der Waals surface area contributed by atoms with E-state index in [2.05, 4.69) is 10.3 Å². The molecule has 1 heterocycles. The molecule has 1 aromatic heterocycles. The quantitative estimate of drug-likeness (QED) is 0.723. The van der Waals surface area contributed by atoms with Crippen LogP contribution in [0.5, 0.6) is 5.75 Å². The maximum Gasteiger partial charge on any atom is 0.295 e. The zero-order valence-corrected chi connectivity index (χ0v) is 12.3. The number of aromatic nitrogens is 1. The summed E-state index contributed by atoms with van der Waals surface area (Å²) in [5, 5.41) is 12.6. The van der Waals surface area contributed by atoms with Gasteiger partial charge in [-0.2, -0.15) is 4.98 Å². The first-order valence-corrected chi connectivity index (χ1v) is 7.07. The Labute approximate surface area is 134 Å². The van der Waals surface area contributed by atoms with E-state index in [4.69, 9.17) is 9.15 Å². The van der Waals surface area contributed by atoms with Crippen molar-refractivity contribution in [1.29, 1.82) is 0 Å². The summed E-state index contributed by atoms with van der Waals surface area (Å²) in [6.07, 6.45) is -0.954. The SMILES string of the molecule is O[C@H](CNc1nc2cc(F)ccc2o1)COc1ccc(F)c(F)c1. The van der Waals surface area contributed by atoms with Crippen molar-refractivity contribution in [2.75, 3.05) is 18.5 Å². The number of hydrogen-bond donors (Lipinski definition) is 2. The van der Waals surface area contributed by atoms with Crippen LogP contribution in [-0.4, -0.2) is 29.3 Å². The molecular formula is C16H13F3N2O3. The first-order chi connectivity index (χ1) is 11.5. The van der Waals surface area contributed by atoms with Crippen LogP contribution in [-0.2, 0) is 0 Å². The molecule has 0 aliphatic rings. The van der Waals surface area contributed by atoms with Gasteiger partial charge in [0.2, 0.25) is 0 Å². The minimum Gasteiger partial charge on any atom is -0.491 e. The molecule has 5 nitrogen and oxygen atoms in total. The van der Waals surface area contributed by atoms with Crippen LogP contribution >= 0.6 is 0 Å². The number of hydrogen-bond acceptors (Lipinski definition) is 5. The molecule has 1 atom stereocenters. The summed E-state index contributed by atoms with van der Waals surface area (Å²) in [4.78, 5) is 4.02. The molecule has 0 spiro atoms. The molecule has 0 bridgehead atoms. The number of anilines is 1. The van der Waals surface area contributed by atoms with E-state index in [1.54, 1.807) is 0 Å². The van der Waals surface area contributed by atoms with E-state index in [-0.39, 0.29) is 24.9 Å². The Morgan fingerprint density at radius 3 is 2.75 bits per heavy atom. The second kappa shape index (κ2) is 6.79. The van der Waals surface area contributed by atoms with Crippen LogP contribution in [0.25, 0.3) is 11.1 Å². The van der Waals surface area contributed by atoms with Crippen LogP contribution in [0.4, 0.5) is 19.2 Å². The lowest BCUT2D eigenvalue weighted by molar-refractivity contribution is 0.117. The van der Waals surface area contributed by atoms with Gasteiger partial charge < -0.3 is 19.6 Å². The van der Waals surface area contributed by atoms with Crippen molar-refractivity contribution in [2.24, 2.45) is 0 Å². The molecule has 0 unspecified atom stereocenters. The molecule has 0 saturated carbocycles. The van der Waals surface area contributed by atoms with Gasteiger partial charge in [0.1, 0.15) is 29.8 Å². The van der Waals surface area contributed by atoms with E-state index in [0.29, 0.717) is 11.1 Å². The average molecular weight is 338 g/mol. The number of nitrogens with one attached hydrogen (secondary N) is 1. The number of fused-ring (bicyclic) bond motifs is 1. The lowest BCUT2D eigenvalue weighted by atomic mass is 10.3. The highest BCUT2D eigenvalue weighted by Crippen LogP contribution is 2.19. The van der Waals surface area contributed by atoms with E-state index in [1.165, 1.54) is 24.3 Å². The fraction of sp³-hybridized carbons (Fsp3) is 0.188. The predicted octanol–water partition coefficient (Wildman–Crippen LogP) is 3.10. The van der Waals surface area contributed by atoms with Crippen molar-refractivity contribution >= 4 is 17.1 Å². The van der Waals surface area contributed by atoms with Gasteiger partial charge in [0.15, 0.2) is 17.2 Å². The van der Waals surface area contributed by atoms with Crippen LogP contribution in [0, 0.1) is 17.5 Å². The summed E-state index contributed by atoms with van der Waals surface area (Å²) in [5.74, 6) is -2.33. The smallest absolute Gasteiger partial charge is 0.295 e. The zero-order valence-electron chi connectivity index (χ0n) is 12.3. The van der Waals surface area contributed by atoms with Crippen LogP contribution < -0.4 is 10.1 Å². The molecule has 24 heavy (non-hydrogen) atoms. The molecule has 3 rings (SSSR count). The van der Waals surface area contributed by atoms with Gasteiger partial charge in [0.05, 0.1) is 0 Å². The fourth-order valence-corrected chi connectivity index (χ4v) is 2.00. The van der Waals surface area contributed by atoms with Crippen molar-refractivity contribution in [3.8, 4) is 5.75 Å². The van der Waals surface area contributed by atoms with E-state index in [1.807, 2.05) is 0 Å². The van der Waals surface area contributed by atoms with E-state index in [9.17, 15) is 18.3 Å². The van der Waals surface area contributed by atoms with Gasteiger partial charge in [0, 0.05) is 18.7 Å². The molecule has 126 valence electrons. The van der Waals surface area contributed by atoms with Gasteiger partial charge in [-0.05, 0) is 24.3 Å². The van der Waals surface area contributed by atoms with Crippen molar-refractivity contribution in [2.45, 2.75) is 6.10 Å². The third-order valence-corrected chi connectivity index (χ3v) is 3.17. The third kappa shape index (κ3) is 3.77. The second-order valence-corrected chi connectivity index (χ2v) is 5.05. The van der Waals surface area contributed by atoms with Crippen molar-refractivity contribution in [3.05, 3.63) is 53.8 Å². The lowest BCUT2D eigenvalue weighted by Gasteiger charge is -2.12. The Morgan fingerprint density at radius 1 is 1.12 bits per heavy atom. The number of nitrogens with zero attached hydrogens (tertiary/aromatic N) is 1. The lowest BCUT2D eigenvalue weighted by Crippen LogP contribution is -2.26. The molecule has 0 aliphatic carbocycles. The summed E-state index contributed by atoms with van der Waals surface area (Å²) in [6.45, 7) is -0.105. The summed E-state index contributed by atoms with van der Waals surface area (Å²) < 4.78 is 49.4. The summed E-state index contributed by atoms with van der Waals surface area (Å²) in [7, 11) is 0. The Kier molecular flexibility index (Phi) is 4.57. The third-order valence-electron chi connectivity index (χ3n) is 3.17. The number of benzene rings is 2. The van der Waals surface area contributed by atoms with Gasteiger partial charge in [-0.25, -0.2) is 13.2 Å². The van der Waals surface area contributed by atoms with E-state index < -0.39 is 23.6 Å². The van der Waals surface area contributed by atoms with Crippen LogP contribution in [0.2, 0.25) is 0 Å². The Hall–Kier alpha value is -2.74. The molecule has 8 heteroatoms. The monoisotopic (exact) mass is 338 g/mol. The normalized spacial score (nSPS) is 12.3. The highest BCUT2D eigenvalue weighted by atomic mass is 19.2. The Balaban J connectivity index is 1.52. The van der Waals surface area contributed by atoms with E-state index in [0.717, 1.165) is 12.1 Å². The summed E-state index contributed by atoms with van der Waals surface area (Å²) in [6, 6.07) is 7.15. The van der Waals surface area contributed by atoms with Crippen LogP contribution in [0.15, 0.2) is 40.8 Å². The maximum atomic E-state index is 13.1. The van der Waals surface area contributed by atoms with Gasteiger partial charge >= 0.3 is 0 Å². The zero-order chi connectivity index (χ0) is 17.1. The highest BCUT2D eigenvalue weighted by Gasteiger charge is 2.11. The largest absolute Gasteiger partial charge is 0.491 e. The Bertz CT molecular complexity index is 854. The van der Waals surface area contributed by atoms with Crippen molar-refractivity contribution in [3.63, 3.8) is 0 Å². The first kappa shape index (κ1) is 16.1. The predicted molar refractivity (Wildman–Crippen MR) is 80.3 cm³/mol. The summed E-state index contributed by atoms with van der Waals surface area (Å²) >= 11 is 0. The highest BCUT2D eigenvalue weighted by molar-refractivity contribution is 5.74. The minimum atomic E-state index is -1.03. The topological polar surface area (TPSA) is 67.5 Å². The average Bonchev–Trinajstić information content (AvgIpc) is 2.96. The fourth-order valence-electron chi connectivity index (χ4n) is 2.00. The van der Waals surface area contributed by atoms with Crippen LogP contribution in [0.1, 0.15) is 0 Å². The Morgan fingerprint density at radius 2 is 1.96 bits per heavy atom. The van der Waals surface area contributed by atoms with Gasteiger partial charge in [0.25, 0.3) is 6.01 Å². The van der Waals surface area contributed by atoms with E-state index >= 15 is 0 Å². The molecule has 0 amide bonds. The molecule has 0 aliphatic heterocycles. The van der Waals surface area contributed by atoms with Crippen LogP contribution in [0.3, 0.4) is 0 Å². The molecule has 0 fully saturated rings. The minimum absolute atomic E-state index is 0.0407. The second-order valence-electron chi connectivity index (χ2n) is 5.05. The maximum absolute atomic E-state index is 13.1.